The quantitative estimate of drug-likeness (QED) is 0.889. The zero-order valence-electron chi connectivity index (χ0n) is 9.16. The Balaban J connectivity index is 2.22. The molecule has 0 spiro atoms. The van der Waals surface area contributed by atoms with Crippen molar-refractivity contribution in [2.75, 3.05) is 11.1 Å². The van der Waals surface area contributed by atoms with Crippen molar-refractivity contribution in [2.45, 2.75) is 6.92 Å². The number of rotatable bonds is 2. The van der Waals surface area contributed by atoms with Crippen molar-refractivity contribution < 1.29 is 4.79 Å². The van der Waals surface area contributed by atoms with E-state index in [1.807, 2.05) is 25.1 Å². The first-order valence-corrected chi connectivity index (χ1v) is 6.65. The average molecular weight is 311 g/mol. The molecule has 5 heteroatoms. The van der Waals surface area contributed by atoms with E-state index in [0.29, 0.717) is 10.6 Å². The third-order valence-electron chi connectivity index (χ3n) is 2.27. The van der Waals surface area contributed by atoms with E-state index in [1.54, 1.807) is 11.4 Å². The molecule has 17 heavy (non-hydrogen) atoms. The fraction of sp³-hybridized carbons (Fsp3) is 0.0833. The van der Waals surface area contributed by atoms with Crippen molar-refractivity contribution in [1.82, 2.24) is 0 Å². The third kappa shape index (κ3) is 2.68. The van der Waals surface area contributed by atoms with E-state index in [9.17, 15) is 4.79 Å². The maximum Gasteiger partial charge on any atom is 0.267 e. The second-order valence-corrected chi connectivity index (χ2v) is 5.41. The van der Waals surface area contributed by atoms with Crippen LogP contribution in [0.2, 0.25) is 0 Å². The minimum atomic E-state index is -0.179. The molecule has 1 heterocycles. The lowest BCUT2D eigenvalue weighted by Crippen LogP contribution is -2.12. The Morgan fingerprint density at radius 3 is 2.76 bits per heavy atom. The summed E-state index contributed by atoms with van der Waals surface area (Å²) in [5.74, 6) is -0.179. The number of nitrogens with two attached hydrogens (primary N) is 1. The monoisotopic (exact) mass is 310 g/mol. The predicted molar refractivity (Wildman–Crippen MR) is 75.6 cm³/mol. The summed E-state index contributed by atoms with van der Waals surface area (Å²) >= 11 is 4.75. The Kier molecular flexibility index (Phi) is 3.49. The first-order chi connectivity index (χ1) is 8.08. The van der Waals surface area contributed by atoms with Gasteiger partial charge in [0, 0.05) is 4.47 Å². The van der Waals surface area contributed by atoms with Crippen LogP contribution in [-0.2, 0) is 0 Å². The summed E-state index contributed by atoms with van der Waals surface area (Å²) in [6, 6.07) is 7.48. The summed E-state index contributed by atoms with van der Waals surface area (Å²) in [7, 11) is 0. The first kappa shape index (κ1) is 12.1. The smallest absolute Gasteiger partial charge is 0.267 e. The van der Waals surface area contributed by atoms with E-state index in [2.05, 4.69) is 21.2 Å². The van der Waals surface area contributed by atoms with Gasteiger partial charge in [-0.15, -0.1) is 11.3 Å². The molecule has 3 N–H and O–H groups in total. The number of benzene rings is 1. The molecule has 2 rings (SSSR count). The summed E-state index contributed by atoms with van der Waals surface area (Å²) in [5.41, 5.74) is 8.08. The van der Waals surface area contributed by atoms with E-state index < -0.39 is 0 Å². The summed E-state index contributed by atoms with van der Waals surface area (Å²) in [5, 5.41) is 4.63. The van der Waals surface area contributed by atoms with Crippen LogP contribution in [0, 0.1) is 6.92 Å². The highest BCUT2D eigenvalue weighted by Crippen LogP contribution is 2.26. The largest absolute Gasteiger partial charge is 0.397 e. The van der Waals surface area contributed by atoms with E-state index in [4.69, 9.17) is 5.73 Å². The number of carbonyl (C=O) groups is 1. The third-order valence-corrected chi connectivity index (χ3v) is 3.86. The van der Waals surface area contributed by atoms with Gasteiger partial charge in [-0.2, -0.15) is 0 Å². The second-order valence-electron chi connectivity index (χ2n) is 3.64. The SMILES string of the molecule is Cc1ccc(NC(=O)c2sccc2N)c(Br)c1. The summed E-state index contributed by atoms with van der Waals surface area (Å²) < 4.78 is 0.862. The minimum absolute atomic E-state index is 0.179. The van der Waals surface area contributed by atoms with Crippen LogP contribution in [0.4, 0.5) is 11.4 Å². The van der Waals surface area contributed by atoms with Gasteiger partial charge < -0.3 is 11.1 Å². The molecule has 0 saturated carbocycles. The first-order valence-electron chi connectivity index (χ1n) is 4.98. The van der Waals surface area contributed by atoms with Crippen molar-refractivity contribution in [2.24, 2.45) is 0 Å². The lowest BCUT2D eigenvalue weighted by atomic mass is 10.2. The fourth-order valence-electron chi connectivity index (χ4n) is 1.40. The molecule has 0 unspecified atom stereocenters. The van der Waals surface area contributed by atoms with Gasteiger partial charge in [0.2, 0.25) is 0 Å². The Labute approximate surface area is 112 Å². The molecule has 3 nitrogen and oxygen atoms in total. The summed E-state index contributed by atoms with van der Waals surface area (Å²) in [6.07, 6.45) is 0. The Bertz CT molecular complexity index is 565. The molecule has 0 radical (unpaired) electrons. The van der Waals surface area contributed by atoms with Crippen LogP contribution in [-0.4, -0.2) is 5.91 Å². The number of amides is 1. The Morgan fingerprint density at radius 1 is 1.41 bits per heavy atom. The number of hydrogen-bond acceptors (Lipinski definition) is 3. The molecular weight excluding hydrogens is 300 g/mol. The molecule has 0 aliphatic heterocycles. The van der Waals surface area contributed by atoms with Gasteiger partial charge in [-0.1, -0.05) is 6.07 Å². The molecule has 1 aromatic carbocycles. The number of halogens is 1. The van der Waals surface area contributed by atoms with Crippen molar-refractivity contribution in [3.8, 4) is 0 Å². The molecule has 1 aromatic heterocycles. The van der Waals surface area contributed by atoms with Gasteiger partial charge in [0.25, 0.3) is 5.91 Å². The molecular formula is C12H11BrN2OS. The zero-order chi connectivity index (χ0) is 12.4. The maximum absolute atomic E-state index is 11.9. The van der Waals surface area contributed by atoms with Crippen LogP contribution in [0.25, 0.3) is 0 Å². The highest BCUT2D eigenvalue weighted by Gasteiger charge is 2.12. The lowest BCUT2D eigenvalue weighted by molar-refractivity contribution is 0.103. The van der Waals surface area contributed by atoms with Gasteiger partial charge in [-0.05, 0) is 52.0 Å². The summed E-state index contributed by atoms with van der Waals surface area (Å²) in [4.78, 5) is 12.5. The van der Waals surface area contributed by atoms with Gasteiger partial charge in [-0.3, -0.25) is 4.79 Å². The van der Waals surface area contributed by atoms with Crippen LogP contribution in [0.3, 0.4) is 0 Å². The van der Waals surface area contributed by atoms with Crippen molar-refractivity contribution in [3.05, 3.63) is 44.6 Å². The average Bonchev–Trinajstić information content (AvgIpc) is 2.68. The molecule has 2 aromatic rings. The molecule has 1 amide bonds. The number of thiophene rings is 1. The molecule has 88 valence electrons. The number of anilines is 2. The van der Waals surface area contributed by atoms with Crippen molar-refractivity contribution in [1.29, 1.82) is 0 Å². The standard InChI is InChI=1S/C12H11BrN2OS/c1-7-2-3-10(8(13)6-7)15-12(16)11-9(14)4-5-17-11/h2-6H,14H2,1H3,(H,15,16). The molecule has 0 saturated heterocycles. The van der Waals surface area contributed by atoms with Gasteiger partial charge in [0.05, 0.1) is 11.4 Å². The minimum Gasteiger partial charge on any atom is -0.397 e. The molecule has 0 bridgehead atoms. The van der Waals surface area contributed by atoms with Crippen molar-refractivity contribution in [3.63, 3.8) is 0 Å². The van der Waals surface area contributed by atoms with E-state index in [1.165, 1.54) is 11.3 Å². The van der Waals surface area contributed by atoms with Crippen LogP contribution < -0.4 is 11.1 Å². The summed E-state index contributed by atoms with van der Waals surface area (Å²) in [6.45, 7) is 1.99. The van der Waals surface area contributed by atoms with Crippen LogP contribution in [0.1, 0.15) is 15.2 Å². The van der Waals surface area contributed by atoms with Gasteiger partial charge in [-0.25, -0.2) is 0 Å². The van der Waals surface area contributed by atoms with Gasteiger partial charge in [0.15, 0.2) is 0 Å². The Morgan fingerprint density at radius 2 is 2.18 bits per heavy atom. The fourth-order valence-corrected chi connectivity index (χ4v) is 2.71. The second kappa shape index (κ2) is 4.89. The number of carbonyl (C=O) groups excluding carboxylic acids is 1. The highest BCUT2D eigenvalue weighted by atomic mass is 79.9. The van der Waals surface area contributed by atoms with Crippen LogP contribution in [0.5, 0.6) is 0 Å². The van der Waals surface area contributed by atoms with E-state index >= 15 is 0 Å². The highest BCUT2D eigenvalue weighted by molar-refractivity contribution is 9.10. The topological polar surface area (TPSA) is 55.1 Å². The number of hydrogen-bond donors (Lipinski definition) is 2. The number of nitrogens with one attached hydrogen (secondary N) is 1. The molecule has 0 atom stereocenters. The molecule has 0 aliphatic rings. The zero-order valence-corrected chi connectivity index (χ0v) is 11.6. The van der Waals surface area contributed by atoms with Crippen LogP contribution >= 0.6 is 27.3 Å². The van der Waals surface area contributed by atoms with Gasteiger partial charge >= 0.3 is 0 Å². The predicted octanol–water partition coefficient (Wildman–Crippen LogP) is 3.65. The molecule has 0 aliphatic carbocycles. The number of aryl methyl sites for hydroxylation is 1. The van der Waals surface area contributed by atoms with E-state index in [0.717, 1.165) is 15.7 Å². The lowest BCUT2D eigenvalue weighted by Gasteiger charge is -2.07. The van der Waals surface area contributed by atoms with Crippen LogP contribution in [0.15, 0.2) is 34.1 Å². The molecule has 0 fully saturated rings. The van der Waals surface area contributed by atoms with Crippen molar-refractivity contribution >= 4 is 44.5 Å². The Hall–Kier alpha value is -1.33. The van der Waals surface area contributed by atoms with Gasteiger partial charge in [0.1, 0.15) is 4.88 Å². The maximum atomic E-state index is 11.9. The van der Waals surface area contributed by atoms with E-state index in [-0.39, 0.29) is 5.91 Å². The normalized spacial score (nSPS) is 10.2. The number of nitrogen functional groups attached to an aromatic ring is 1.